The minimum absolute atomic E-state index is 0.0139. The van der Waals surface area contributed by atoms with Crippen LogP contribution in [0.5, 0.6) is 0 Å². The van der Waals surface area contributed by atoms with Crippen LogP contribution in [0.15, 0.2) is 0 Å². The molecule has 1 aliphatic heterocycles. The molecule has 1 fully saturated rings. The van der Waals surface area contributed by atoms with Crippen molar-refractivity contribution in [2.45, 2.75) is 39.3 Å². The van der Waals surface area contributed by atoms with E-state index in [9.17, 15) is 5.11 Å². The zero-order chi connectivity index (χ0) is 8.59. The molecule has 1 heterocycles. The summed E-state index contributed by atoms with van der Waals surface area (Å²) in [5.41, 5.74) is 0. The first-order valence-corrected chi connectivity index (χ1v) is 4.05. The van der Waals surface area contributed by atoms with Crippen molar-refractivity contribution in [2.75, 3.05) is 0 Å². The second kappa shape index (κ2) is 3.09. The largest absolute Gasteiger partial charge is 0.387 e. The number of rotatable bonds is 1. The van der Waals surface area contributed by atoms with E-state index < -0.39 is 12.4 Å². The topological polar surface area (TPSA) is 49.7 Å². The highest BCUT2D eigenvalue weighted by Crippen LogP contribution is 2.29. The summed E-state index contributed by atoms with van der Waals surface area (Å²) in [5, 5.41) is 18.4. The smallest absolute Gasteiger partial charge is 0.181 e. The van der Waals surface area contributed by atoms with E-state index in [-0.39, 0.29) is 12.0 Å². The molecule has 0 amide bonds. The number of hydrogen-bond acceptors (Lipinski definition) is 3. The molecule has 1 unspecified atom stereocenters. The van der Waals surface area contributed by atoms with Gasteiger partial charge in [0.05, 0.1) is 6.10 Å². The Morgan fingerprint density at radius 1 is 1.27 bits per heavy atom. The summed E-state index contributed by atoms with van der Waals surface area (Å²) >= 11 is 0. The van der Waals surface area contributed by atoms with Crippen LogP contribution in [0.2, 0.25) is 0 Å². The van der Waals surface area contributed by atoms with E-state index in [0.29, 0.717) is 5.92 Å². The Morgan fingerprint density at radius 3 is 2.00 bits per heavy atom. The minimum atomic E-state index is -0.989. The van der Waals surface area contributed by atoms with Gasteiger partial charge in [0.1, 0.15) is 6.10 Å². The molecule has 0 aliphatic carbocycles. The van der Waals surface area contributed by atoms with Gasteiger partial charge in [-0.3, -0.25) is 0 Å². The van der Waals surface area contributed by atoms with Gasteiger partial charge in [0, 0.05) is 5.92 Å². The third kappa shape index (κ3) is 1.55. The molecule has 1 aliphatic rings. The highest BCUT2D eigenvalue weighted by molar-refractivity contribution is 4.84. The molecule has 0 aromatic rings. The van der Waals surface area contributed by atoms with E-state index in [1.165, 1.54) is 0 Å². The van der Waals surface area contributed by atoms with Crippen LogP contribution in [0.4, 0.5) is 0 Å². The molecule has 66 valence electrons. The zero-order valence-corrected chi connectivity index (χ0v) is 7.19. The molecule has 0 spiro atoms. The van der Waals surface area contributed by atoms with Gasteiger partial charge in [0.2, 0.25) is 0 Å². The maximum Gasteiger partial charge on any atom is 0.181 e. The van der Waals surface area contributed by atoms with Crippen LogP contribution in [-0.2, 0) is 4.74 Å². The summed E-state index contributed by atoms with van der Waals surface area (Å²) in [5.74, 6) is 0.377. The highest BCUT2D eigenvalue weighted by atomic mass is 16.6. The van der Waals surface area contributed by atoms with Crippen LogP contribution >= 0.6 is 0 Å². The molecule has 3 heteroatoms. The predicted octanol–water partition coefficient (Wildman–Crippen LogP) is 0.357. The Hall–Kier alpha value is -0.120. The standard InChI is InChI=1S/C8H16O3/c1-4(2)7-5(3)6(9)8(10)11-7/h4-10H,1-3H3/t5-,6+,7+,8?/m1/s1. The van der Waals surface area contributed by atoms with Crippen molar-refractivity contribution in [1.82, 2.24) is 0 Å². The molecule has 0 aromatic heterocycles. The van der Waals surface area contributed by atoms with Crippen LogP contribution in [0.25, 0.3) is 0 Å². The lowest BCUT2D eigenvalue weighted by Gasteiger charge is -2.18. The number of aliphatic hydroxyl groups is 2. The molecule has 11 heavy (non-hydrogen) atoms. The quantitative estimate of drug-likeness (QED) is 0.582. The predicted molar refractivity (Wildman–Crippen MR) is 40.9 cm³/mol. The van der Waals surface area contributed by atoms with Crippen molar-refractivity contribution < 1.29 is 14.9 Å². The summed E-state index contributed by atoms with van der Waals surface area (Å²) in [4.78, 5) is 0. The Kier molecular flexibility index (Phi) is 2.52. The van der Waals surface area contributed by atoms with Gasteiger partial charge in [-0.2, -0.15) is 0 Å². The van der Waals surface area contributed by atoms with E-state index in [0.717, 1.165) is 0 Å². The van der Waals surface area contributed by atoms with Gasteiger partial charge < -0.3 is 14.9 Å². The third-order valence-electron chi connectivity index (χ3n) is 2.30. The van der Waals surface area contributed by atoms with Crippen molar-refractivity contribution >= 4 is 0 Å². The highest BCUT2D eigenvalue weighted by Gasteiger charge is 2.40. The van der Waals surface area contributed by atoms with Gasteiger partial charge in [-0.1, -0.05) is 20.8 Å². The maximum atomic E-state index is 9.31. The number of aliphatic hydroxyl groups excluding tert-OH is 2. The Bertz CT molecular complexity index is 135. The minimum Gasteiger partial charge on any atom is -0.387 e. The first-order valence-electron chi connectivity index (χ1n) is 4.05. The number of hydrogen-bond donors (Lipinski definition) is 2. The van der Waals surface area contributed by atoms with Gasteiger partial charge in [-0.25, -0.2) is 0 Å². The van der Waals surface area contributed by atoms with E-state index >= 15 is 0 Å². The van der Waals surface area contributed by atoms with Crippen LogP contribution in [0, 0.1) is 11.8 Å². The summed E-state index contributed by atoms with van der Waals surface area (Å²) in [6.45, 7) is 5.93. The Labute approximate surface area is 67.0 Å². The first kappa shape index (κ1) is 8.97. The van der Waals surface area contributed by atoms with Crippen molar-refractivity contribution in [3.05, 3.63) is 0 Å². The van der Waals surface area contributed by atoms with Crippen LogP contribution in [0.3, 0.4) is 0 Å². The van der Waals surface area contributed by atoms with E-state index in [1.54, 1.807) is 0 Å². The monoisotopic (exact) mass is 160 g/mol. The molecule has 0 saturated carbocycles. The molecule has 1 rings (SSSR count). The SMILES string of the molecule is CC(C)[C@@H]1OC(O)[C@@H](O)[C@H]1C. The molecule has 0 radical (unpaired) electrons. The molecule has 0 aromatic carbocycles. The summed E-state index contributed by atoms with van der Waals surface area (Å²) in [6, 6.07) is 0. The zero-order valence-electron chi connectivity index (χ0n) is 7.19. The third-order valence-corrected chi connectivity index (χ3v) is 2.30. The van der Waals surface area contributed by atoms with E-state index in [4.69, 9.17) is 9.84 Å². The molecular formula is C8H16O3. The lowest BCUT2D eigenvalue weighted by atomic mass is 9.93. The molecule has 0 bridgehead atoms. The molecule has 2 N–H and O–H groups in total. The van der Waals surface area contributed by atoms with Gasteiger partial charge >= 0.3 is 0 Å². The number of ether oxygens (including phenoxy) is 1. The Balaban J connectivity index is 2.59. The average Bonchev–Trinajstić information content (AvgIpc) is 2.17. The summed E-state index contributed by atoms with van der Waals surface area (Å²) in [7, 11) is 0. The van der Waals surface area contributed by atoms with Gasteiger partial charge in [-0.05, 0) is 5.92 Å². The second-order valence-electron chi connectivity index (χ2n) is 3.58. The van der Waals surface area contributed by atoms with Gasteiger partial charge in [-0.15, -0.1) is 0 Å². The summed E-state index contributed by atoms with van der Waals surface area (Å²) < 4.78 is 5.15. The van der Waals surface area contributed by atoms with Crippen molar-refractivity contribution in [3.63, 3.8) is 0 Å². The fraction of sp³-hybridized carbons (Fsp3) is 1.00. The van der Waals surface area contributed by atoms with Crippen LogP contribution in [-0.4, -0.2) is 28.7 Å². The second-order valence-corrected chi connectivity index (χ2v) is 3.58. The fourth-order valence-corrected chi connectivity index (χ4v) is 1.58. The van der Waals surface area contributed by atoms with Crippen molar-refractivity contribution in [2.24, 2.45) is 11.8 Å². The molecular weight excluding hydrogens is 144 g/mol. The van der Waals surface area contributed by atoms with Crippen molar-refractivity contribution in [1.29, 1.82) is 0 Å². The average molecular weight is 160 g/mol. The van der Waals surface area contributed by atoms with Crippen molar-refractivity contribution in [3.8, 4) is 0 Å². The van der Waals surface area contributed by atoms with Crippen LogP contribution in [0.1, 0.15) is 20.8 Å². The molecule has 1 saturated heterocycles. The van der Waals surface area contributed by atoms with E-state index in [1.807, 2.05) is 20.8 Å². The molecule has 3 nitrogen and oxygen atoms in total. The normalized spacial score (nSPS) is 45.3. The van der Waals surface area contributed by atoms with Crippen LogP contribution < -0.4 is 0 Å². The van der Waals surface area contributed by atoms with Gasteiger partial charge in [0.15, 0.2) is 6.29 Å². The first-order chi connectivity index (χ1) is 5.04. The lowest BCUT2D eigenvalue weighted by molar-refractivity contribution is -0.133. The van der Waals surface area contributed by atoms with E-state index in [2.05, 4.69) is 0 Å². The Morgan fingerprint density at radius 2 is 1.82 bits per heavy atom. The summed E-state index contributed by atoms with van der Waals surface area (Å²) in [6.07, 6.45) is -1.72. The molecule has 4 atom stereocenters. The lowest BCUT2D eigenvalue weighted by Crippen LogP contribution is -2.26. The van der Waals surface area contributed by atoms with Gasteiger partial charge in [0.25, 0.3) is 0 Å². The fourth-order valence-electron chi connectivity index (χ4n) is 1.58. The maximum absolute atomic E-state index is 9.31.